The molecule has 1 aromatic rings. The van der Waals surface area contributed by atoms with Gasteiger partial charge in [0.2, 0.25) is 0 Å². The molecule has 1 aliphatic carbocycles. The average molecular weight is 311 g/mol. The van der Waals surface area contributed by atoms with E-state index in [-0.39, 0.29) is 0 Å². The van der Waals surface area contributed by atoms with Crippen molar-refractivity contribution in [3.63, 3.8) is 0 Å². The van der Waals surface area contributed by atoms with Gasteiger partial charge in [-0.15, -0.1) is 11.3 Å². The molecule has 0 spiro atoms. The van der Waals surface area contributed by atoms with E-state index < -0.39 is 0 Å². The molecule has 2 rings (SSSR count). The van der Waals surface area contributed by atoms with E-state index in [9.17, 15) is 0 Å². The minimum atomic E-state index is 0.714. The summed E-state index contributed by atoms with van der Waals surface area (Å²) in [6.07, 6.45) is 2.75. The maximum atomic E-state index is 5.70. The molecule has 120 valence electrons. The van der Waals surface area contributed by atoms with E-state index in [0.29, 0.717) is 5.92 Å². The number of rotatable bonds is 11. The lowest BCUT2D eigenvalue weighted by Crippen LogP contribution is -2.22. The summed E-state index contributed by atoms with van der Waals surface area (Å²) in [6.45, 7) is 10.5. The van der Waals surface area contributed by atoms with E-state index in [2.05, 4.69) is 43.2 Å². The fourth-order valence-corrected chi connectivity index (χ4v) is 3.25. The van der Waals surface area contributed by atoms with E-state index >= 15 is 0 Å². The maximum absolute atomic E-state index is 5.70. The average Bonchev–Trinajstić information content (AvgIpc) is 3.15. The fourth-order valence-electron chi connectivity index (χ4n) is 2.19. The standard InChI is InChI=1S/C17H30N2OS/c1-14(2)10-18-11-16-6-7-17(21-16)12-19(3)8-9-20-13-15-4-5-15/h6-7,14-15,18H,4-5,8-13H2,1-3H3. The predicted octanol–water partition coefficient (Wildman–Crippen LogP) is 3.35. The largest absolute Gasteiger partial charge is 0.380 e. The van der Waals surface area contributed by atoms with Gasteiger partial charge in [0.15, 0.2) is 0 Å². The third-order valence-corrected chi connectivity index (χ3v) is 4.73. The lowest BCUT2D eigenvalue weighted by molar-refractivity contribution is 0.102. The first kappa shape index (κ1) is 16.9. The van der Waals surface area contributed by atoms with Crippen LogP contribution in [0.25, 0.3) is 0 Å². The Morgan fingerprint density at radius 3 is 2.81 bits per heavy atom. The Balaban J connectivity index is 1.58. The normalized spacial score (nSPS) is 15.3. The summed E-state index contributed by atoms with van der Waals surface area (Å²) in [6, 6.07) is 4.52. The number of ether oxygens (including phenoxy) is 1. The van der Waals surface area contributed by atoms with Crippen molar-refractivity contribution in [2.24, 2.45) is 11.8 Å². The molecule has 21 heavy (non-hydrogen) atoms. The smallest absolute Gasteiger partial charge is 0.0593 e. The van der Waals surface area contributed by atoms with Crippen LogP contribution < -0.4 is 5.32 Å². The molecule has 4 heteroatoms. The lowest BCUT2D eigenvalue weighted by atomic mass is 10.2. The summed E-state index contributed by atoms with van der Waals surface area (Å²) in [5.41, 5.74) is 0. The second-order valence-electron chi connectivity index (χ2n) is 6.65. The van der Waals surface area contributed by atoms with Crippen LogP contribution in [0.5, 0.6) is 0 Å². The van der Waals surface area contributed by atoms with Crippen molar-refractivity contribution in [3.8, 4) is 0 Å². The van der Waals surface area contributed by atoms with E-state index in [1.807, 2.05) is 11.3 Å². The van der Waals surface area contributed by atoms with Crippen molar-refractivity contribution in [1.82, 2.24) is 10.2 Å². The van der Waals surface area contributed by atoms with Crippen LogP contribution in [0.4, 0.5) is 0 Å². The highest BCUT2D eigenvalue weighted by molar-refractivity contribution is 7.11. The van der Waals surface area contributed by atoms with Crippen molar-refractivity contribution < 1.29 is 4.74 Å². The molecule has 3 nitrogen and oxygen atoms in total. The van der Waals surface area contributed by atoms with E-state index in [0.717, 1.165) is 45.3 Å². The van der Waals surface area contributed by atoms with Crippen LogP contribution in [0.2, 0.25) is 0 Å². The number of nitrogens with one attached hydrogen (secondary N) is 1. The number of thiophene rings is 1. The minimum Gasteiger partial charge on any atom is -0.380 e. The Morgan fingerprint density at radius 1 is 1.33 bits per heavy atom. The molecular weight excluding hydrogens is 280 g/mol. The molecule has 0 aliphatic heterocycles. The summed E-state index contributed by atoms with van der Waals surface area (Å²) in [4.78, 5) is 5.23. The molecule has 0 aromatic carbocycles. The van der Waals surface area contributed by atoms with Crippen molar-refractivity contribution in [2.45, 2.75) is 39.8 Å². The van der Waals surface area contributed by atoms with Gasteiger partial charge in [0.05, 0.1) is 6.61 Å². The number of likely N-dealkylation sites (N-methyl/N-ethyl adjacent to an activating group) is 1. The Hall–Kier alpha value is -0.420. The maximum Gasteiger partial charge on any atom is 0.0593 e. The van der Waals surface area contributed by atoms with Crippen molar-refractivity contribution in [3.05, 3.63) is 21.9 Å². The lowest BCUT2D eigenvalue weighted by Gasteiger charge is -2.15. The van der Waals surface area contributed by atoms with Crippen molar-refractivity contribution in [1.29, 1.82) is 0 Å². The molecular formula is C17H30N2OS. The highest BCUT2D eigenvalue weighted by Crippen LogP contribution is 2.28. The summed E-state index contributed by atoms with van der Waals surface area (Å²) in [5, 5.41) is 3.50. The second kappa shape index (κ2) is 8.89. The van der Waals surface area contributed by atoms with Gasteiger partial charge in [0.1, 0.15) is 0 Å². The first-order valence-corrected chi connectivity index (χ1v) is 8.99. The molecule has 1 fully saturated rings. The molecule has 1 N–H and O–H groups in total. The molecule has 1 heterocycles. The molecule has 1 aliphatic rings. The Kier molecular flexibility index (Phi) is 7.17. The summed E-state index contributed by atoms with van der Waals surface area (Å²) in [7, 11) is 2.18. The molecule has 0 atom stereocenters. The van der Waals surface area contributed by atoms with Gasteiger partial charge in [-0.05, 0) is 50.4 Å². The predicted molar refractivity (Wildman–Crippen MR) is 90.7 cm³/mol. The molecule has 0 radical (unpaired) electrons. The monoisotopic (exact) mass is 310 g/mol. The molecule has 0 unspecified atom stereocenters. The zero-order chi connectivity index (χ0) is 15.1. The van der Waals surface area contributed by atoms with Gasteiger partial charge in [-0.3, -0.25) is 4.90 Å². The molecule has 1 aromatic heterocycles. The van der Waals surface area contributed by atoms with E-state index in [1.165, 1.54) is 22.6 Å². The number of hydrogen-bond acceptors (Lipinski definition) is 4. The summed E-state index contributed by atoms with van der Waals surface area (Å²) >= 11 is 1.92. The first-order valence-electron chi connectivity index (χ1n) is 8.18. The quantitative estimate of drug-likeness (QED) is 0.634. The Bertz CT molecular complexity index is 401. The molecule has 0 amide bonds. The zero-order valence-corrected chi connectivity index (χ0v) is 14.5. The minimum absolute atomic E-state index is 0.714. The van der Waals surface area contributed by atoms with Gasteiger partial charge in [-0.25, -0.2) is 0 Å². The Morgan fingerprint density at radius 2 is 2.10 bits per heavy atom. The van der Waals surface area contributed by atoms with E-state index in [1.54, 1.807) is 0 Å². The van der Waals surface area contributed by atoms with Crippen LogP contribution in [0.15, 0.2) is 12.1 Å². The van der Waals surface area contributed by atoms with Crippen LogP contribution >= 0.6 is 11.3 Å². The van der Waals surface area contributed by atoms with Gasteiger partial charge in [-0.1, -0.05) is 13.8 Å². The summed E-state index contributed by atoms with van der Waals surface area (Å²) in [5.74, 6) is 1.58. The molecule has 1 saturated carbocycles. The van der Waals surface area contributed by atoms with Crippen LogP contribution in [-0.2, 0) is 17.8 Å². The SMILES string of the molecule is CC(C)CNCc1ccc(CN(C)CCOCC2CC2)s1. The second-order valence-corrected chi connectivity index (χ2v) is 7.90. The zero-order valence-electron chi connectivity index (χ0n) is 13.7. The van der Waals surface area contributed by atoms with Crippen LogP contribution in [-0.4, -0.2) is 38.3 Å². The van der Waals surface area contributed by atoms with Gasteiger partial charge in [0, 0.05) is 36.0 Å². The van der Waals surface area contributed by atoms with Crippen molar-refractivity contribution in [2.75, 3.05) is 33.4 Å². The summed E-state index contributed by atoms with van der Waals surface area (Å²) < 4.78 is 5.70. The van der Waals surface area contributed by atoms with Crippen LogP contribution in [0.1, 0.15) is 36.4 Å². The van der Waals surface area contributed by atoms with Crippen LogP contribution in [0, 0.1) is 11.8 Å². The van der Waals surface area contributed by atoms with Gasteiger partial charge >= 0.3 is 0 Å². The van der Waals surface area contributed by atoms with Crippen molar-refractivity contribution >= 4 is 11.3 Å². The highest BCUT2D eigenvalue weighted by atomic mass is 32.1. The Labute approximate surface area is 133 Å². The number of hydrogen-bond donors (Lipinski definition) is 1. The third kappa shape index (κ3) is 7.41. The third-order valence-electron chi connectivity index (χ3n) is 3.66. The topological polar surface area (TPSA) is 24.5 Å². The van der Waals surface area contributed by atoms with Crippen LogP contribution in [0.3, 0.4) is 0 Å². The van der Waals surface area contributed by atoms with Gasteiger partial charge < -0.3 is 10.1 Å². The fraction of sp³-hybridized carbons (Fsp3) is 0.765. The first-order chi connectivity index (χ1) is 10.1. The van der Waals surface area contributed by atoms with Gasteiger partial charge in [0.25, 0.3) is 0 Å². The molecule has 0 bridgehead atoms. The highest BCUT2D eigenvalue weighted by Gasteiger charge is 2.20. The van der Waals surface area contributed by atoms with E-state index in [4.69, 9.17) is 4.74 Å². The molecule has 0 saturated heterocycles. The van der Waals surface area contributed by atoms with Gasteiger partial charge in [-0.2, -0.15) is 0 Å². The number of nitrogens with zero attached hydrogens (tertiary/aromatic N) is 1.